The predicted molar refractivity (Wildman–Crippen MR) is 74.4 cm³/mol. The maximum Gasteiger partial charge on any atom is 0.206 e. The SMILES string of the molecule is CCNc1ncnc(-n2nc(C)c(Cl)c2C)c1OC. The maximum absolute atomic E-state index is 6.16. The van der Waals surface area contributed by atoms with E-state index in [0.29, 0.717) is 22.4 Å². The fraction of sp³-hybridized carbons (Fsp3) is 0.417. The lowest BCUT2D eigenvalue weighted by Crippen LogP contribution is -2.09. The first-order valence-electron chi connectivity index (χ1n) is 5.95. The summed E-state index contributed by atoms with van der Waals surface area (Å²) in [7, 11) is 1.58. The van der Waals surface area contributed by atoms with Gasteiger partial charge in [0.05, 0.1) is 23.5 Å². The number of aryl methyl sites for hydroxylation is 1. The second kappa shape index (κ2) is 5.44. The van der Waals surface area contributed by atoms with E-state index in [4.69, 9.17) is 16.3 Å². The molecule has 102 valence electrons. The third-order valence-electron chi connectivity index (χ3n) is 2.74. The molecule has 19 heavy (non-hydrogen) atoms. The molecule has 2 rings (SSSR count). The molecule has 0 bridgehead atoms. The number of aromatic nitrogens is 4. The highest BCUT2D eigenvalue weighted by molar-refractivity contribution is 6.31. The summed E-state index contributed by atoms with van der Waals surface area (Å²) in [5.41, 5.74) is 1.57. The van der Waals surface area contributed by atoms with Gasteiger partial charge >= 0.3 is 0 Å². The minimum atomic E-state index is 0.548. The van der Waals surface area contributed by atoms with Crippen molar-refractivity contribution < 1.29 is 4.74 Å². The van der Waals surface area contributed by atoms with E-state index in [0.717, 1.165) is 17.9 Å². The topological polar surface area (TPSA) is 64.9 Å². The zero-order valence-electron chi connectivity index (χ0n) is 11.4. The molecule has 2 heterocycles. The molecule has 0 spiro atoms. The Morgan fingerprint density at radius 2 is 2.11 bits per heavy atom. The van der Waals surface area contributed by atoms with Gasteiger partial charge in [-0.05, 0) is 20.8 Å². The Morgan fingerprint density at radius 3 is 2.63 bits per heavy atom. The lowest BCUT2D eigenvalue weighted by Gasteiger charge is -2.12. The van der Waals surface area contributed by atoms with Crippen molar-refractivity contribution in [3.05, 3.63) is 22.7 Å². The van der Waals surface area contributed by atoms with Gasteiger partial charge in [0.15, 0.2) is 5.82 Å². The molecule has 0 unspecified atom stereocenters. The minimum Gasteiger partial charge on any atom is -0.490 e. The summed E-state index contributed by atoms with van der Waals surface area (Å²) in [6.45, 7) is 6.47. The number of halogens is 1. The Bertz CT molecular complexity index is 596. The van der Waals surface area contributed by atoms with Crippen LogP contribution >= 0.6 is 11.6 Å². The molecule has 0 aliphatic heterocycles. The molecule has 0 aromatic carbocycles. The minimum absolute atomic E-state index is 0.548. The van der Waals surface area contributed by atoms with E-state index in [1.165, 1.54) is 6.33 Å². The van der Waals surface area contributed by atoms with E-state index in [1.807, 2.05) is 20.8 Å². The van der Waals surface area contributed by atoms with Crippen LogP contribution in [0.25, 0.3) is 5.82 Å². The molecule has 0 amide bonds. The molecule has 2 aromatic heterocycles. The van der Waals surface area contributed by atoms with Crippen molar-refractivity contribution in [1.82, 2.24) is 19.7 Å². The number of anilines is 1. The number of hydrogen-bond donors (Lipinski definition) is 1. The van der Waals surface area contributed by atoms with Crippen LogP contribution < -0.4 is 10.1 Å². The molecule has 0 fully saturated rings. The third-order valence-corrected chi connectivity index (χ3v) is 3.28. The lowest BCUT2D eigenvalue weighted by molar-refractivity contribution is 0.408. The lowest BCUT2D eigenvalue weighted by atomic mass is 10.4. The van der Waals surface area contributed by atoms with Crippen molar-refractivity contribution >= 4 is 17.4 Å². The van der Waals surface area contributed by atoms with Gasteiger partial charge in [0.25, 0.3) is 0 Å². The molecular formula is C12H16ClN5O. The maximum atomic E-state index is 6.16. The zero-order valence-corrected chi connectivity index (χ0v) is 12.1. The summed E-state index contributed by atoms with van der Waals surface area (Å²) in [4.78, 5) is 8.41. The molecule has 2 aromatic rings. The summed E-state index contributed by atoms with van der Waals surface area (Å²) >= 11 is 6.16. The van der Waals surface area contributed by atoms with Gasteiger partial charge in [0, 0.05) is 6.54 Å². The number of nitrogens with one attached hydrogen (secondary N) is 1. The molecule has 6 nitrogen and oxygen atoms in total. The van der Waals surface area contributed by atoms with E-state index in [9.17, 15) is 0 Å². The van der Waals surface area contributed by atoms with Gasteiger partial charge in [-0.2, -0.15) is 5.10 Å². The molecule has 0 aliphatic rings. The van der Waals surface area contributed by atoms with Gasteiger partial charge in [-0.25, -0.2) is 14.6 Å². The first-order chi connectivity index (χ1) is 9.10. The normalized spacial score (nSPS) is 10.6. The molecule has 0 saturated heterocycles. The molecule has 0 aliphatic carbocycles. The summed E-state index contributed by atoms with van der Waals surface area (Å²) in [5, 5.41) is 8.13. The first-order valence-corrected chi connectivity index (χ1v) is 6.32. The van der Waals surface area contributed by atoms with Gasteiger partial charge in [-0.1, -0.05) is 11.6 Å². The van der Waals surface area contributed by atoms with E-state index in [1.54, 1.807) is 11.8 Å². The fourth-order valence-electron chi connectivity index (χ4n) is 1.83. The Balaban J connectivity index is 2.61. The third kappa shape index (κ3) is 2.35. The number of ether oxygens (including phenoxy) is 1. The van der Waals surface area contributed by atoms with E-state index >= 15 is 0 Å². The number of rotatable bonds is 4. The van der Waals surface area contributed by atoms with Gasteiger partial charge in [-0.15, -0.1) is 0 Å². The monoisotopic (exact) mass is 281 g/mol. The molecule has 0 saturated carbocycles. The van der Waals surface area contributed by atoms with Crippen LogP contribution in [0.4, 0.5) is 5.82 Å². The Morgan fingerprint density at radius 1 is 1.37 bits per heavy atom. The summed E-state index contributed by atoms with van der Waals surface area (Å²) in [6.07, 6.45) is 1.47. The Labute approximate surface area is 116 Å². The standard InChI is InChI=1S/C12H16ClN5O/c1-5-14-11-10(19-4)12(16-6-15-11)18-8(3)9(13)7(2)17-18/h6H,5H2,1-4H3,(H,14,15,16). The fourth-order valence-corrected chi connectivity index (χ4v) is 1.94. The van der Waals surface area contributed by atoms with Crippen LogP contribution in [0.2, 0.25) is 5.02 Å². The summed E-state index contributed by atoms with van der Waals surface area (Å²) in [6, 6.07) is 0. The second-order valence-electron chi connectivity index (χ2n) is 4.01. The van der Waals surface area contributed by atoms with Gasteiger partial charge in [0.1, 0.15) is 6.33 Å². The van der Waals surface area contributed by atoms with Crippen molar-refractivity contribution in [2.24, 2.45) is 0 Å². The largest absolute Gasteiger partial charge is 0.490 e. The number of methoxy groups -OCH3 is 1. The summed E-state index contributed by atoms with van der Waals surface area (Å²) in [5.74, 6) is 1.76. The predicted octanol–water partition coefficient (Wildman–Crippen LogP) is 2.37. The second-order valence-corrected chi connectivity index (χ2v) is 4.38. The average molecular weight is 282 g/mol. The van der Waals surface area contributed by atoms with Crippen molar-refractivity contribution in [3.8, 4) is 11.6 Å². The molecule has 0 radical (unpaired) electrons. The van der Waals surface area contributed by atoms with Crippen molar-refractivity contribution in [1.29, 1.82) is 0 Å². The van der Waals surface area contributed by atoms with Crippen molar-refractivity contribution in [3.63, 3.8) is 0 Å². The number of hydrogen-bond acceptors (Lipinski definition) is 5. The van der Waals surface area contributed by atoms with E-state index in [-0.39, 0.29) is 0 Å². The van der Waals surface area contributed by atoms with Gasteiger partial charge in [0.2, 0.25) is 11.6 Å². The van der Waals surface area contributed by atoms with Crippen molar-refractivity contribution in [2.45, 2.75) is 20.8 Å². The van der Waals surface area contributed by atoms with Crippen molar-refractivity contribution in [2.75, 3.05) is 19.0 Å². The highest BCUT2D eigenvalue weighted by Crippen LogP contribution is 2.30. The zero-order chi connectivity index (χ0) is 14.0. The van der Waals surface area contributed by atoms with Crippen LogP contribution in [0, 0.1) is 13.8 Å². The molecule has 7 heteroatoms. The summed E-state index contributed by atoms with van der Waals surface area (Å²) < 4.78 is 7.06. The van der Waals surface area contributed by atoms with Crippen LogP contribution in [0.5, 0.6) is 5.75 Å². The first kappa shape index (κ1) is 13.6. The molecule has 0 atom stereocenters. The number of nitrogens with zero attached hydrogens (tertiary/aromatic N) is 4. The smallest absolute Gasteiger partial charge is 0.206 e. The van der Waals surface area contributed by atoms with Crippen LogP contribution in [0.1, 0.15) is 18.3 Å². The van der Waals surface area contributed by atoms with Crippen LogP contribution in [0.15, 0.2) is 6.33 Å². The van der Waals surface area contributed by atoms with Gasteiger partial charge < -0.3 is 10.1 Å². The van der Waals surface area contributed by atoms with Gasteiger partial charge in [-0.3, -0.25) is 0 Å². The Kier molecular flexibility index (Phi) is 3.90. The van der Waals surface area contributed by atoms with E-state index in [2.05, 4.69) is 20.4 Å². The van der Waals surface area contributed by atoms with E-state index < -0.39 is 0 Å². The highest BCUT2D eigenvalue weighted by Gasteiger charge is 2.18. The molecule has 1 N–H and O–H groups in total. The highest BCUT2D eigenvalue weighted by atomic mass is 35.5. The molecular weight excluding hydrogens is 266 g/mol. The Hall–Kier alpha value is -1.82. The van der Waals surface area contributed by atoms with Crippen LogP contribution in [-0.2, 0) is 0 Å². The quantitative estimate of drug-likeness (QED) is 0.932. The average Bonchev–Trinajstić information content (AvgIpc) is 2.66. The van der Waals surface area contributed by atoms with Crippen LogP contribution in [0.3, 0.4) is 0 Å². The van der Waals surface area contributed by atoms with Crippen LogP contribution in [-0.4, -0.2) is 33.4 Å².